The molecule has 2 rings (SSSR count). The quantitative estimate of drug-likeness (QED) is 0.845. The number of carbonyl (C=O) groups excluding carboxylic acids is 1. The first-order valence-electron chi connectivity index (χ1n) is 7.88. The minimum absolute atomic E-state index is 0.00127. The zero-order chi connectivity index (χ0) is 16.0. The highest BCUT2D eigenvalue weighted by molar-refractivity contribution is 6.30. The number of aliphatic hydroxyl groups is 1. The van der Waals surface area contributed by atoms with Gasteiger partial charge in [0.1, 0.15) is 0 Å². The molecule has 1 unspecified atom stereocenters. The van der Waals surface area contributed by atoms with Crippen LogP contribution >= 0.6 is 11.6 Å². The highest BCUT2D eigenvalue weighted by atomic mass is 35.5. The van der Waals surface area contributed by atoms with Crippen molar-refractivity contribution < 1.29 is 14.6 Å². The Morgan fingerprint density at radius 3 is 2.82 bits per heavy atom. The lowest BCUT2D eigenvalue weighted by atomic mass is 9.73. The van der Waals surface area contributed by atoms with E-state index in [4.69, 9.17) is 16.3 Å². The molecular weight excluding hydrogens is 302 g/mol. The first-order chi connectivity index (χ1) is 10.6. The molecule has 0 aliphatic carbocycles. The average Bonchev–Trinajstić information content (AvgIpc) is 2.55. The fourth-order valence-electron chi connectivity index (χ4n) is 2.88. The largest absolute Gasteiger partial charge is 0.393 e. The van der Waals surface area contributed by atoms with Crippen LogP contribution in [0.1, 0.15) is 38.2 Å². The highest BCUT2D eigenvalue weighted by Crippen LogP contribution is 2.36. The number of amides is 1. The van der Waals surface area contributed by atoms with Crippen LogP contribution < -0.4 is 5.32 Å². The molecule has 22 heavy (non-hydrogen) atoms. The van der Waals surface area contributed by atoms with E-state index in [-0.39, 0.29) is 12.0 Å². The minimum Gasteiger partial charge on any atom is -0.393 e. The molecule has 0 aromatic heterocycles. The summed E-state index contributed by atoms with van der Waals surface area (Å²) in [5.41, 5.74) is 0.358. The molecule has 1 saturated heterocycles. The van der Waals surface area contributed by atoms with Gasteiger partial charge in [0.15, 0.2) is 0 Å². The molecule has 1 aromatic rings. The fraction of sp³-hybridized carbons (Fsp3) is 0.588. The summed E-state index contributed by atoms with van der Waals surface area (Å²) in [5.74, 6) is 0.00127. The Balaban J connectivity index is 2.13. The summed E-state index contributed by atoms with van der Waals surface area (Å²) in [5, 5.41) is 13.2. The monoisotopic (exact) mass is 325 g/mol. The van der Waals surface area contributed by atoms with Gasteiger partial charge in [-0.25, -0.2) is 0 Å². The lowest BCUT2D eigenvalue weighted by Gasteiger charge is -2.36. The molecule has 2 N–H and O–H groups in total. The Bertz CT molecular complexity index is 500. The van der Waals surface area contributed by atoms with Gasteiger partial charge in [0.2, 0.25) is 5.91 Å². The fourth-order valence-corrected chi connectivity index (χ4v) is 3.07. The van der Waals surface area contributed by atoms with Crippen molar-refractivity contribution >= 4 is 17.5 Å². The van der Waals surface area contributed by atoms with Crippen LogP contribution in [-0.4, -0.2) is 36.9 Å². The van der Waals surface area contributed by atoms with E-state index in [1.54, 1.807) is 0 Å². The molecule has 4 nitrogen and oxygen atoms in total. The van der Waals surface area contributed by atoms with Gasteiger partial charge in [0, 0.05) is 24.8 Å². The SMILES string of the molecule is CCC(O)CCNC(=O)C1(c2cccc(Cl)c2)CCOCC1. The lowest BCUT2D eigenvalue weighted by Crippen LogP contribution is -2.48. The molecule has 1 fully saturated rings. The molecule has 1 atom stereocenters. The van der Waals surface area contributed by atoms with E-state index in [9.17, 15) is 9.90 Å². The van der Waals surface area contributed by atoms with E-state index in [1.807, 2.05) is 31.2 Å². The van der Waals surface area contributed by atoms with Crippen LogP contribution in [0, 0.1) is 0 Å². The van der Waals surface area contributed by atoms with Crippen molar-refractivity contribution in [2.24, 2.45) is 0 Å². The number of aliphatic hydroxyl groups excluding tert-OH is 1. The summed E-state index contributed by atoms with van der Waals surface area (Å²) in [6, 6.07) is 7.52. The van der Waals surface area contributed by atoms with E-state index in [2.05, 4.69) is 5.32 Å². The zero-order valence-electron chi connectivity index (χ0n) is 13.0. The van der Waals surface area contributed by atoms with E-state index in [0.717, 1.165) is 5.56 Å². The van der Waals surface area contributed by atoms with Crippen LogP contribution in [0.4, 0.5) is 0 Å². The molecule has 122 valence electrons. The van der Waals surface area contributed by atoms with Gasteiger partial charge in [0.05, 0.1) is 11.5 Å². The normalized spacial score (nSPS) is 18.7. The molecule has 1 aromatic carbocycles. The molecular formula is C17H24ClNO3. The number of hydrogen-bond donors (Lipinski definition) is 2. The van der Waals surface area contributed by atoms with Gasteiger partial charge in [-0.15, -0.1) is 0 Å². The van der Waals surface area contributed by atoms with E-state index in [1.165, 1.54) is 0 Å². The molecule has 1 aliphatic rings. The van der Waals surface area contributed by atoms with Crippen LogP contribution in [0.15, 0.2) is 24.3 Å². The second-order valence-corrected chi connectivity index (χ2v) is 6.25. The zero-order valence-corrected chi connectivity index (χ0v) is 13.7. The Hall–Kier alpha value is -1.10. The van der Waals surface area contributed by atoms with Crippen LogP contribution in [0.3, 0.4) is 0 Å². The third-order valence-electron chi connectivity index (χ3n) is 4.39. The van der Waals surface area contributed by atoms with Gasteiger partial charge < -0.3 is 15.2 Å². The first-order valence-corrected chi connectivity index (χ1v) is 8.26. The topological polar surface area (TPSA) is 58.6 Å². The van der Waals surface area contributed by atoms with Crippen LogP contribution in [-0.2, 0) is 14.9 Å². The number of halogens is 1. The van der Waals surface area contributed by atoms with Crippen LogP contribution in [0.25, 0.3) is 0 Å². The molecule has 0 spiro atoms. The number of benzene rings is 1. The maximum Gasteiger partial charge on any atom is 0.230 e. The number of nitrogens with one attached hydrogen (secondary N) is 1. The Morgan fingerprint density at radius 1 is 1.45 bits per heavy atom. The molecule has 1 amide bonds. The third kappa shape index (κ3) is 4.00. The second kappa shape index (κ2) is 7.95. The summed E-state index contributed by atoms with van der Waals surface area (Å²) in [7, 11) is 0. The Labute approximate surface area is 136 Å². The molecule has 0 saturated carbocycles. The third-order valence-corrected chi connectivity index (χ3v) is 4.63. The van der Waals surface area contributed by atoms with Gasteiger partial charge in [-0.1, -0.05) is 30.7 Å². The predicted molar refractivity (Wildman–Crippen MR) is 87.1 cm³/mol. The first kappa shape index (κ1) is 17.3. The van der Waals surface area contributed by atoms with Gasteiger partial charge in [-0.05, 0) is 43.4 Å². The average molecular weight is 326 g/mol. The summed E-state index contributed by atoms with van der Waals surface area (Å²) in [6.45, 7) is 3.55. The maximum absolute atomic E-state index is 12.8. The minimum atomic E-state index is -0.583. The number of hydrogen-bond acceptors (Lipinski definition) is 3. The number of rotatable bonds is 6. The van der Waals surface area contributed by atoms with Crippen molar-refractivity contribution in [3.8, 4) is 0 Å². The summed E-state index contributed by atoms with van der Waals surface area (Å²) >= 11 is 6.10. The van der Waals surface area contributed by atoms with E-state index in [0.29, 0.717) is 50.5 Å². The maximum atomic E-state index is 12.8. The summed E-state index contributed by atoms with van der Waals surface area (Å²) < 4.78 is 5.43. The summed E-state index contributed by atoms with van der Waals surface area (Å²) in [6.07, 6.45) is 2.20. The van der Waals surface area contributed by atoms with E-state index < -0.39 is 5.41 Å². The van der Waals surface area contributed by atoms with Crippen LogP contribution in [0.5, 0.6) is 0 Å². The molecule has 1 aliphatic heterocycles. The molecule has 5 heteroatoms. The number of carbonyl (C=O) groups is 1. The van der Waals surface area contributed by atoms with Gasteiger partial charge >= 0.3 is 0 Å². The highest BCUT2D eigenvalue weighted by Gasteiger charge is 2.41. The van der Waals surface area contributed by atoms with Crippen LogP contribution in [0.2, 0.25) is 5.02 Å². The smallest absolute Gasteiger partial charge is 0.230 e. The van der Waals surface area contributed by atoms with E-state index >= 15 is 0 Å². The van der Waals surface area contributed by atoms with Crippen molar-refractivity contribution in [2.75, 3.05) is 19.8 Å². The standard InChI is InChI=1S/C17H24ClNO3/c1-2-15(20)6-9-19-16(21)17(7-10-22-11-8-17)13-4-3-5-14(18)12-13/h3-5,12,15,20H,2,6-11H2,1H3,(H,19,21). The van der Waals surface area contributed by atoms with Crippen molar-refractivity contribution in [1.82, 2.24) is 5.32 Å². The molecule has 0 bridgehead atoms. The van der Waals surface area contributed by atoms with Gasteiger partial charge in [0.25, 0.3) is 0 Å². The number of ether oxygens (including phenoxy) is 1. The van der Waals surface area contributed by atoms with Crippen molar-refractivity contribution in [1.29, 1.82) is 0 Å². The molecule has 1 heterocycles. The van der Waals surface area contributed by atoms with Crippen molar-refractivity contribution in [3.05, 3.63) is 34.9 Å². The van der Waals surface area contributed by atoms with Crippen molar-refractivity contribution in [3.63, 3.8) is 0 Å². The van der Waals surface area contributed by atoms with Gasteiger partial charge in [-0.3, -0.25) is 4.79 Å². The predicted octanol–water partition coefficient (Wildman–Crippen LogP) is 2.67. The second-order valence-electron chi connectivity index (χ2n) is 5.81. The Morgan fingerprint density at radius 2 is 2.18 bits per heavy atom. The Kier molecular flexibility index (Phi) is 6.24. The van der Waals surface area contributed by atoms with Gasteiger partial charge in [-0.2, -0.15) is 0 Å². The summed E-state index contributed by atoms with van der Waals surface area (Å²) in [4.78, 5) is 12.8. The van der Waals surface area contributed by atoms with Crippen molar-refractivity contribution in [2.45, 2.75) is 44.1 Å². The lowest BCUT2D eigenvalue weighted by molar-refractivity contribution is -0.130. The molecule has 0 radical (unpaired) electrons.